The van der Waals surface area contributed by atoms with Gasteiger partial charge in [-0.15, -0.1) is 0 Å². The number of likely N-dealkylation sites (N-methyl/N-ethyl adjacent to an activating group) is 1. The zero-order valence-electron chi connectivity index (χ0n) is 14.8. The molecule has 2 saturated heterocycles. The molecule has 2 fully saturated rings. The second-order valence-electron chi connectivity index (χ2n) is 8.12. The minimum absolute atomic E-state index is 0.00338. The molecule has 4 nitrogen and oxygen atoms in total. The van der Waals surface area contributed by atoms with Gasteiger partial charge in [0.2, 0.25) is 5.91 Å². The topological polar surface area (TPSA) is 43.8 Å². The Morgan fingerprint density at radius 2 is 1.96 bits per heavy atom. The van der Waals surface area contributed by atoms with E-state index in [2.05, 4.69) is 29.8 Å². The molecule has 0 saturated carbocycles. The molecule has 2 aliphatic heterocycles. The number of piperidine rings is 2. The smallest absolute Gasteiger partial charge is 0.228 e. The first-order valence-electron chi connectivity index (χ1n) is 9.32. The van der Waals surface area contributed by atoms with Crippen LogP contribution >= 0.6 is 0 Å². The molecule has 0 spiro atoms. The van der Waals surface area contributed by atoms with Crippen molar-refractivity contribution >= 4 is 5.91 Å². The molecular formula is C20H28N2O2. The van der Waals surface area contributed by atoms with E-state index in [1.807, 2.05) is 6.07 Å². The minimum atomic E-state index is -0.169. The number of aromatic hydroxyl groups is 1. The molecule has 4 rings (SSSR count). The Morgan fingerprint density at radius 1 is 1.21 bits per heavy atom. The van der Waals surface area contributed by atoms with E-state index >= 15 is 0 Å². The van der Waals surface area contributed by atoms with Gasteiger partial charge in [0.1, 0.15) is 5.75 Å². The van der Waals surface area contributed by atoms with Crippen molar-refractivity contribution in [1.82, 2.24) is 9.80 Å². The van der Waals surface area contributed by atoms with Crippen molar-refractivity contribution in [2.45, 2.75) is 50.5 Å². The van der Waals surface area contributed by atoms with Crippen LogP contribution in [-0.2, 0) is 16.6 Å². The fourth-order valence-electron chi connectivity index (χ4n) is 5.23. The van der Waals surface area contributed by atoms with E-state index in [4.69, 9.17) is 0 Å². The number of amides is 1. The van der Waals surface area contributed by atoms with E-state index in [1.165, 1.54) is 17.5 Å². The van der Waals surface area contributed by atoms with Crippen molar-refractivity contribution in [1.29, 1.82) is 0 Å². The van der Waals surface area contributed by atoms with Gasteiger partial charge in [-0.3, -0.25) is 4.79 Å². The summed E-state index contributed by atoms with van der Waals surface area (Å²) in [5.74, 6) is 0.655. The van der Waals surface area contributed by atoms with E-state index < -0.39 is 0 Å². The molecule has 3 aliphatic rings. The largest absolute Gasteiger partial charge is 0.508 e. The summed E-state index contributed by atoms with van der Waals surface area (Å²) in [5.41, 5.74) is 2.33. The summed E-state index contributed by atoms with van der Waals surface area (Å²) in [7, 11) is 2.16. The maximum absolute atomic E-state index is 13.4. The van der Waals surface area contributed by atoms with Crippen molar-refractivity contribution in [3.05, 3.63) is 29.3 Å². The number of hydrogen-bond acceptors (Lipinski definition) is 3. The van der Waals surface area contributed by atoms with Crippen molar-refractivity contribution < 1.29 is 9.90 Å². The van der Waals surface area contributed by atoms with Crippen LogP contribution in [0.15, 0.2) is 18.2 Å². The van der Waals surface area contributed by atoms with E-state index in [-0.39, 0.29) is 17.4 Å². The van der Waals surface area contributed by atoms with E-state index in [0.717, 1.165) is 45.3 Å². The third-order valence-corrected chi connectivity index (χ3v) is 6.69. The van der Waals surface area contributed by atoms with Crippen LogP contribution < -0.4 is 0 Å². The first-order valence-corrected chi connectivity index (χ1v) is 9.32. The Morgan fingerprint density at radius 3 is 2.71 bits per heavy atom. The minimum Gasteiger partial charge on any atom is -0.508 e. The maximum atomic E-state index is 13.4. The first kappa shape index (κ1) is 15.9. The van der Waals surface area contributed by atoms with Crippen molar-refractivity contribution in [2.24, 2.45) is 5.92 Å². The standard InChI is InChI=1S/C20H28N2O2/c1-20-8-11-21(2)17(12-14-6-7-15(23)13-16(14)20)18(20)19(24)22-9-4-3-5-10-22/h6-7,13,17-18,23H,3-5,8-12H2,1-2H3. The van der Waals surface area contributed by atoms with Gasteiger partial charge in [-0.2, -0.15) is 0 Å². The molecule has 1 aliphatic carbocycles. The number of carbonyl (C=O) groups is 1. The fourth-order valence-corrected chi connectivity index (χ4v) is 5.23. The number of nitrogens with zero attached hydrogens (tertiary/aromatic N) is 2. The molecular weight excluding hydrogens is 300 g/mol. The van der Waals surface area contributed by atoms with Crippen LogP contribution in [0.1, 0.15) is 43.7 Å². The zero-order chi connectivity index (χ0) is 16.9. The lowest BCUT2D eigenvalue weighted by Gasteiger charge is -2.55. The monoisotopic (exact) mass is 328 g/mol. The third kappa shape index (κ3) is 2.34. The number of hydrogen-bond donors (Lipinski definition) is 1. The summed E-state index contributed by atoms with van der Waals surface area (Å²) < 4.78 is 0. The second-order valence-corrected chi connectivity index (χ2v) is 8.12. The Bertz CT molecular complexity index is 653. The highest BCUT2D eigenvalue weighted by atomic mass is 16.3. The Balaban J connectivity index is 1.76. The van der Waals surface area contributed by atoms with Gasteiger partial charge in [0, 0.05) is 24.5 Å². The molecule has 130 valence electrons. The molecule has 2 bridgehead atoms. The average Bonchev–Trinajstić information content (AvgIpc) is 2.59. The van der Waals surface area contributed by atoms with Crippen molar-refractivity contribution in [3.63, 3.8) is 0 Å². The Kier molecular flexibility index (Phi) is 3.83. The lowest BCUT2D eigenvalue weighted by Crippen LogP contribution is -2.62. The molecule has 1 aromatic carbocycles. The Labute approximate surface area is 144 Å². The number of phenols is 1. The molecule has 3 atom stereocenters. The van der Waals surface area contributed by atoms with E-state index in [1.54, 1.807) is 6.07 Å². The molecule has 1 N–H and O–H groups in total. The van der Waals surface area contributed by atoms with Crippen LogP contribution in [0.3, 0.4) is 0 Å². The van der Waals surface area contributed by atoms with Gasteiger partial charge in [0.05, 0.1) is 5.92 Å². The molecule has 2 heterocycles. The summed E-state index contributed by atoms with van der Waals surface area (Å²) in [6.45, 7) is 5.08. The number of fused-ring (bicyclic) bond motifs is 4. The number of rotatable bonds is 1. The summed E-state index contributed by atoms with van der Waals surface area (Å²) in [4.78, 5) is 17.9. The highest BCUT2D eigenvalue weighted by Gasteiger charge is 2.54. The quantitative estimate of drug-likeness (QED) is 0.861. The van der Waals surface area contributed by atoms with Gasteiger partial charge in [-0.1, -0.05) is 13.0 Å². The maximum Gasteiger partial charge on any atom is 0.228 e. The lowest BCUT2D eigenvalue weighted by molar-refractivity contribution is -0.145. The van der Waals surface area contributed by atoms with Gasteiger partial charge in [-0.05, 0) is 69.0 Å². The first-order chi connectivity index (χ1) is 11.5. The number of carbonyl (C=O) groups excluding carboxylic acids is 1. The third-order valence-electron chi connectivity index (χ3n) is 6.69. The molecule has 1 aromatic rings. The van der Waals surface area contributed by atoms with Crippen LogP contribution in [-0.4, -0.2) is 53.5 Å². The van der Waals surface area contributed by atoms with Crippen LogP contribution in [0, 0.1) is 5.92 Å². The number of likely N-dealkylation sites (tertiary alicyclic amines) is 2. The van der Waals surface area contributed by atoms with Crippen molar-refractivity contribution in [2.75, 3.05) is 26.7 Å². The predicted molar refractivity (Wildman–Crippen MR) is 94.1 cm³/mol. The molecule has 4 heteroatoms. The van der Waals surface area contributed by atoms with Crippen LogP contribution in [0.5, 0.6) is 5.75 Å². The molecule has 24 heavy (non-hydrogen) atoms. The highest BCUT2D eigenvalue weighted by Crippen LogP contribution is 2.49. The SMILES string of the molecule is CN1CCC2(C)c3cc(O)ccc3CC1C2C(=O)N1CCCCC1. The lowest BCUT2D eigenvalue weighted by atomic mass is 9.58. The molecule has 1 amide bonds. The van der Waals surface area contributed by atoms with E-state index in [0.29, 0.717) is 11.7 Å². The van der Waals surface area contributed by atoms with Gasteiger partial charge in [0.15, 0.2) is 0 Å². The normalized spacial score (nSPS) is 33.2. The highest BCUT2D eigenvalue weighted by molar-refractivity contribution is 5.82. The average molecular weight is 328 g/mol. The summed E-state index contributed by atoms with van der Waals surface area (Å²) >= 11 is 0. The van der Waals surface area contributed by atoms with Crippen LogP contribution in [0.4, 0.5) is 0 Å². The van der Waals surface area contributed by atoms with Crippen LogP contribution in [0.25, 0.3) is 0 Å². The number of phenolic OH excluding ortho intramolecular Hbond substituents is 1. The van der Waals surface area contributed by atoms with Gasteiger partial charge in [0.25, 0.3) is 0 Å². The van der Waals surface area contributed by atoms with Crippen molar-refractivity contribution in [3.8, 4) is 5.75 Å². The zero-order valence-corrected chi connectivity index (χ0v) is 14.8. The molecule has 0 radical (unpaired) electrons. The Hall–Kier alpha value is -1.55. The summed E-state index contributed by atoms with van der Waals surface area (Å²) in [6, 6.07) is 6.02. The van der Waals surface area contributed by atoms with Gasteiger partial charge < -0.3 is 14.9 Å². The molecule has 0 aromatic heterocycles. The molecule has 3 unspecified atom stereocenters. The summed E-state index contributed by atoms with van der Waals surface area (Å²) in [6.07, 6.45) is 5.39. The van der Waals surface area contributed by atoms with Gasteiger partial charge >= 0.3 is 0 Å². The van der Waals surface area contributed by atoms with E-state index in [9.17, 15) is 9.90 Å². The number of benzene rings is 1. The summed E-state index contributed by atoms with van der Waals surface area (Å²) in [5, 5.41) is 10.0. The van der Waals surface area contributed by atoms with Gasteiger partial charge in [-0.25, -0.2) is 0 Å². The predicted octanol–water partition coefficient (Wildman–Crippen LogP) is 2.54. The second kappa shape index (κ2) is 5.76. The fraction of sp³-hybridized carbons (Fsp3) is 0.650. The van der Waals surface area contributed by atoms with Crippen LogP contribution in [0.2, 0.25) is 0 Å².